The molecule has 4 heterocycles. The van der Waals surface area contributed by atoms with Gasteiger partial charge in [0, 0.05) is 49.0 Å². The number of hydrogen-bond acceptors (Lipinski definition) is 6. The predicted octanol–water partition coefficient (Wildman–Crippen LogP) is 3.87. The van der Waals surface area contributed by atoms with Crippen molar-refractivity contribution < 1.29 is 14.3 Å². The highest BCUT2D eigenvalue weighted by Crippen LogP contribution is 2.35. The minimum atomic E-state index is -0.246. The van der Waals surface area contributed by atoms with Crippen molar-refractivity contribution in [1.29, 1.82) is 0 Å². The Kier molecular flexibility index (Phi) is 6.59. The van der Waals surface area contributed by atoms with E-state index in [4.69, 9.17) is 21.1 Å². The molecule has 2 aromatic heterocycles. The molecule has 1 fully saturated rings. The highest BCUT2D eigenvalue weighted by atomic mass is 35.5. The third kappa shape index (κ3) is 4.44. The molecule has 0 unspecified atom stereocenters. The molecule has 38 heavy (non-hydrogen) atoms. The van der Waals surface area contributed by atoms with E-state index in [1.807, 2.05) is 41.6 Å². The number of nitrogens with zero attached hydrogens (tertiary/aromatic N) is 4. The number of hydrogen-bond donors (Lipinski definition) is 1. The molecule has 0 spiro atoms. The van der Waals surface area contributed by atoms with Crippen molar-refractivity contribution in [2.75, 3.05) is 51.9 Å². The minimum Gasteiger partial charge on any atom is -0.491 e. The van der Waals surface area contributed by atoms with Crippen LogP contribution in [0.15, 0.2) is 41.3 Å². The quantitative estimate of drug-likeness (QED) is 0.403. The number of halogens is 1. The van der Waals surface area contributed by atoms with E-state index in [0.29, 0.717) is 60.3 Å². The number of carbonyl (C=O) groups excluding carboxylic acids is 1. The zero-order valence-electron chi connectivity index (χ0n) is 21.5. The van der Waals surface area contributed by atoms with Crippen LogP contribution in [0.2, 0.25) is 5.02 Å². The standard InChI is InChI=1S/C28H30ClN5O4/c1-32(2)9-12-38-25-15-23-21(14-20(25)28(36)33-8-5-18-13-19(29)3-4-22(18)33)31-27(35)24-16-30-26(34(23)24)17-6-10-37-11-7-17/h3-4,13-17H,5-12H2,1-2H3,(H,31,35). The van der Waals surface area contributed by atoms with E-state index in [0.717, 1.165) is 41.9 Å². The van der Waals surface area contributed by atoms with E-state index < -0.39 is 0 Å². The van der Waals surface area contributed by atoms with Crippen LogP contribution < -0.4 is 15.2 Å². The lowest BCUT2D eigenvalue weighted by atomic mass is 9.99. The summed E-state index contributed by atoms with van der Waals surface area (Å²) in [5.41, 5.74) is 3.83. The number of ether oxygens (including phenoxy) is 2. The Hall–Kier alpha value is -3.40. The molecule has 0 radical (unpaired) electrons. The van der Waals surface area contributed by atoms with Crippen molar-refractivity contribution in [3.63, 3.8) is 0 Å². The lowest BCUT2D eigenvalue weighted by Crippen LogP contribution is -2.30. The van der Waals surface area contributed by atoms with Crippen molar-refractivity contribution >= 4 is 39.7 Å². The zero-order valence-corrected chi connectivity index (χ0v) is 22.3. The molecule has 2 aromatic carbocycles. The summed E-state index contributed by atoms with van der Waals surface area (Å²) in [4.78, 5) is 38.4. The molecule has 2 aliphatic rings. The fourth-order valence-corrected chi connectivity index (χ4v) is 5.61. The topological polar surface area (TPSA) is 92.2 Å². The maximum Gasteiger partial charge on any atom is 0.274 e. The zero-order chi connectivity index (χ0) is 26.4. The molecule has 4 aromatic rings. The van der Waals surface area contributed by atoms with Gasteiger partial charge in [0.1, 0.15) is 23.7 Å². The van der Waals surface area contributed by atoms with Crippen molar-refractivity contribution in [3.8, 4) is 5.75 Å². The first-order valence-electron chi connectivity index (χ1n) is 12.9. The summed E-state index contributed by atoms with van der Waals surface area (Å²) in [6, 6.07) is 9.19. The molecule has 9 nitrogen and oxygen atoms in total. The van der Waals surface area contributed by atoms with Crippen LogP contribution in [-0.2, 0) is 11.2 Å². The van der Waals surface area contributed by atoms with Crippen LogP contribution in [0, 0.1) is 0 Å². The summed E-state index contributed by atoms with van der Waals surface area (Å²) in [6.07, 6.45) is 4.04. The largest absolute Gasteiger partial charge is 0.491 e. The molecule has 0 aliphatic carbocycles. The maximum absolute atomic E-state index is 13.9. The highest BCUT2D eigenvalue weighted by Gasteiger charge is 2.29. The summed E-state index contributed by atoms with van der Waals surface area (Å²) in [5.74, 6) is 1.32. The molecule has 6 rings (SSSR count). The van der Waals surface area contributed by atoms with Gasteiger partial charge < -0.3 is 24.3 Å². The number of H-pyrrole nitrogens is 1. The number of carbonyl (C=O) groups is 1. The van der Waals surface area contributed by atoms with Crippen molar-refractivity contribution in [2.24, 2.45) is 0 Å². The Morgan fingerprint density at radius 1 is 1.21 bits per heavy atom. The summed E-state index contributed by atoms with van der Waals surface area (Å²) in [5, 5.41) is 0.652. The SMILES string of the molecule is CN(C)CCOc1cc2c(cc1C(=O)N1CCc3cc(Cl)ccc31)[nH]c(=O)c1cnc(C3CCOCC3)n12. The van der Waals surface area contributed by atoms with E-state index >= 15 is 0 Å². The minimum absolute atomic E-state index is 0.177. The first-order valence-corrected chi connectivity index (χ1v) is 13.3. The Bertz CT molecular complexity index is 1590. The number of fused-ring (bicyclic) bond motifs is 4. The van der Waals surface area contributed by atoms with Gasteiger partial charge in [-0.15, -0.1) is 0 Å². The normalized spacial score (nSPS) is 16.1. The van der Waals surface area contributed by atoms with Gasteiger partial charge in [0.2, 0.25) is 0 Å². The van der Waals surface area contributed by atoms with Crippen LogP contribution in [0.3, 0.4) is 0 Å². The Labute approximate surface area is 224 Å². The van der Waals surface area contributed by atoms with Gasteiger partial charge in [-0.2, -0.15) is 0 Å². The van der Waals surface area contributed by atoms with Gasteiger partial charge in [-0.1, -0.05) is 11.6 Å². The van der Waals surface area contributed by atoms with Gasteiger partial charge in [0.05, 0.1) is 22.8 Å². The second-order valence-corrected chi connectivity index (χ2v) is 10.6. The van der Waals surface area contributed by atoms with Gasteiger partial charge in [-0.3, -0.25) is 14.0 Å². The van der Waals surface area contributed by atoms with E-state index in [2.05, 4.69) is 9.97 Å². The fraction of sp³-hybridized carbons (Fsp3) is 0.393. The second-order valence-electron chi connectivity index (χ2n) is 10.2. The Morgan fingerprint density at radius 2 is 2.03 bits per heavy atom. The van der Waals surface area contributed by atoms with Crippen molar-refractivity contribution in [2.45, 2.75) is 25.2 Å². The fourth-order valence-electron chi connectivity index (χ4n) is 5.42. The second kappa shape index (κ2) is 10.1. The highest BCUT2D eigenvalue weighted by molar-refractivity contribution is 6.30. The third-order valence-electron chi connectivity index (χ3n) is 7.40. The molecule has 1 N–H and O–H groups in total. The van der Waals surface area contributed by atoms with Gasteiger partial charge in [0.25, 0.3) is 11.5 Å². The number of benzene rings is 2. The van der Waals surface area contributed by atoms with Gasteiger partial charge >= 0.3 is 0 Å². The number of likely N-dealkylation sites (N-methyl/N-ethyl adjacent to an activating group) is 1. The Morgan fingerprint density at radius 3 is 2.82 bits per heavy atom. The molecule has 10 heteroatoms. The number of imidazole rings is 1. The molecule has 0 bridgehead atoms. The molecule has 1 amide bonds. The van der Waals surface area contributed by atoms with Crippen LogP contribution in [0.1, 0.15) is 40.5 Å². The molecule has 2 aliphatic heterocycles. The lowest BCUT2D eigenvalue weighted by molar-refractivity contribution is 0.0835. The molecule has 1 saturated heterocycles. The number of anilines is 1. The number of amides is 1. The van der Waals surface area contributed by atoms with Gasteiger partial charge in [-0.05, 0) is 63.2 Å². The number of rotatable bonds is 6. The molecule has 198 valence electrons. The molecule has 0 saturated carbocycles. The summed E-state index contributed by atoms with van der Waals surface area (Å²) in [7, 11) is 3.95. The number of aromatic amines is 1. The maximum atomic E-state index is 13.9. The first kappa shape index (κ1) is 24.9. The molecular weight excluding hydrogens is 506 g/mol. The average molecular weight is 536 g/mol. The number of nitrogens with one attached hydrogen (secondary N) is 1. The summed E-state index contributed by atoms with van der Waals surface area (Å²) < 4.78 is 13.7. The van der Waals surface area contributed by atoms with E-state index in [1.165, 1.54) is 0 Å². The molecule has 0 atom stereocenters. The monoisotopic (exact) mass is 535 g/mol. The summed E-state index contributed by atoms with van der Waals surface area (Å²) in [6.45, 7) is 2.99. The third-order valence-corrected chi connectivity index (χ3v) is 7.64. The predicted molar refractivity (Wildman–Crippen MR) is 147 cm³/mol. The van der Waals surface area contributed by atoms with Crippen molar-refractivity contribution in [3.05, 3.63) is 68.9 Å². The van der Waals surface area contributed by atoms with E-state index in [1.54, 1.807) is 23.2 Å². The van der Waals surface area contributed by atoms with E-state index in [9.17, 15) is 9.59 Å². The van der Waals surface area contributed by atoms with Gasteiger partial charge in [0.15, 0.2) is 0 Å². The van der Waals surface area contributed by atoms with E-state index in [-0.39, 0.29) is 17.4 Å². The average Bonchev–Trinajstić information content (AvgIpc) is 3.54. The van der Waals surface area contributed by atoms with Crippen LogP contribution in [-0.4, -0.2) is 72.2 Å². The summed E-state index contributed by atoms with van der Waals surface area (Å²) >= 11 is 6.19. The number of aromatic nitrogens is 3. The first-order chi connectivity index (χ1) is 18.4. The molecular formula is C28H30ClN5O4. The van der Waals surface area contributed by atoms with Crippen molar-refractivity contribution in [1.82, 2.24) is 19.3 Å². The van der Waals surface area contributed by atoms with Crippen LogP contribution in [0.5, 0.6) is 5.75 Å². The van der Waals surface area contributed by atoms with Crippen LogP contribution in [0.4, 0.5) is 5.69 Å². The van der Waals surface area contributed by atoms with Crippen LogP contribution >= 0.6 is 11.6 Å². The van der Waals surface area contributed by atoms with Crippen LogP contribution in [0.25, 0.3) is 16.6 Å². The lowest BCUT2D eigenvalue weighted by Gasteiger charge is -2.22. The smallest absolute Gasteiger partial charge is 0.274 e. The van der Waals surface area contributed by atoms with Gasteiger partial charge in [-0.25, -0.2) is 4.98 Å². The Balaban J connectivity index is 1.49.